The highest BCUT2D eigenvalue weighted by atomic mass is 16.5. The maximum atomic E-state index is 9.40. The molecule has 3 N–H and O–H groups in total. The first-order valence-corrected chi connectivity index (χ1v) is 6.29. The van der Waals surface area contributed by atoms with Gasteiger partial charge in [-0.2, -0.15) is 0 Å². The average Bonchev–Trinajstić information content (AvgIpc) is 2.46. The van der Waals surface area contributed by atoms with Gasteiger partial charge in [-0.25, -0.2) is 0 Å². The molecule has 0 aliphatic carbocycles. The number of benzene rings is 1. The molecule has 108 valence electrons. The molecular weight excluding hydrogens is 246 g/mol. The molecule has 0 saturated heterocycles. The number of rotatable bonds is 7. The lowest BCUT2D eigenvalue weighted by Gasteiger charge is -2.25. The van der Waals surface area contributed by atoms with Crippen molar-refractivity contribution in [2.24, 2.45) is 11.7 Å². The van der Waals surface area contributed by atoms with Crippen LogP contribution < -0.4 is 19.9 Å². The molecule has 1 aromatic rings. The van der Waals surface area contributed by atoms with E-state index in [-0.39, 0.29) is 18.6 Å². The molecule has 0 bridgehead atoms. The summed E-state index contributed by atoms with van der Waals surface area (Å²) in [5, 5.41) is 9.40. The third kappa shape index (κ3) is 3.30. The normalized spacial score (nSPS) is 13.8. The summed E-state index contributed by atoms with van der Waals surface area (Å²) in [4.78, 5) is 0. The van der Waals surface area contributed by atoms with Gasteiger partial charge in [0.2, 0.25) is 0 Å². The molecule has 0 fully saturated rings. The first-order valence-electron chi connectivity index (χ1n) is 6.29. The second-order valence-corrected chi connectivity index (χ2v) is 4.32. The van der Waals surface area contributed by atoms with Crippen molar-refractivity contribution in [3.8, 4) is 17.2 Å². The second kappa shape index (κ2) is 7.21. The van der Waals surface area contributed by atoms with Gasteiger partial charge in [-0.05, 0) is 6.42 Å². The molecule has 0 aliphatic rings. The van der Waals surface area contributed by atoms with Crippen LogP contribution in [0.3, 0.4) is 0 Å². The van der Waals surface area contributed by atoms with Gasteiger partial charge in [-0.3, -0.25) is 0 Å². The van der Waals surface area contributed by atoms with Gasteiger partial charge in [0.05, 0.1) is 26.9 Å². The Morgan fingerprint density at radius 3 is 1.95 bits per heavy atom. The number of methoxy groups -OCH3 is 3. The summed E-state index contributed by atoms with van der Waals surface area (Å²) in [5.74, 6) is 1.81. The van der Waals surface area contributed by atoms with Gasteiger partial charge in [0.25, 0.3) is 0 Å². The highest BCUT2D eigenvalue weighted by Crippen LogP contribution is 2.40. The third-order valence-electron chi connectivity index (χ3n) is 3.35. The van der Waals surface area contributed by atoms with E-state index in [2.05, 4.69) is 0 Å². The molecule has 2 atom stereocenters. The van der Waals surface area contributed by atoms with Gasteiger partial charge in [0.1, 0.15) is 17.2 Å². The molecule has 0 spiro atoms. The van der Waals surface area contributed by atoms with Crippen LogP contribution in [-0.4, -0.2) is 33.0 Å². The van der Waals surface area contributed by atoms with E-state index in [0.717, 1.165) is 12.0 Å². The molecule has 19 heavy (non-hydrogen) atoms. The highest BCUT2D eigenvalue weighted by Gasteiger charge is 2.25. The Labute approximate surface area is 114 Å². The maximum Gasteiger partial charge on any atom is 0.131 e. The summed E-state index contributed by atoms with van der Waals surface area (Å²) in [7, 11) is 4.73. The minimum Gasteiger partial charge on any atom is -0.496 e. The Morgan fingerprint density at radius 1 is 1.11 bits per heavy atom. The van der Waals surface area contributed by atoms with Crippen LogP contribution in [0.4, 0.5) is 0 Å². The Hall–Kier alpha value is -1.46. The van der Waals surface area contributed by atoms with E-state index in [0.29, 0.717) is 17.2 Å². The zero-order valence-corrected chi connectivity index (χ0v) is 12.0. The van der Waals surface area contributed by atoms with Crippen LogP contribution in [0.5, 0.6) is 17.2 Å². The fourth-order valence-corrected chi connectivity index (χ4v) is 2.09. The maximum absolute atomic E-state index is 9.40. The predicted octanol–water partition coefficient (Wildman–Crippen LogP) is 1.73. The van der Waals surface area contributed by atoms with Gasteiger partial charge in [0, 0.05) is 30.7 Å². The first-order chi connectivity index (χ1) is 9.12. The number of ether oxygens (including phenoxy) is 3. The summed E-state index contributed by atoms with van der Waals surface area (Å²) in [6.45, 7) is 2.01. The molecule has 0 aromatic heterocycles. The number of hydrogen-bond acceptors (Lipinski definition) is 5. The number of aliphatic hydroxyl groups is 1. The van der Waals surface area contributed by atoms with Crippen molar-refractivity contribution in [3.05, 3.63) is 17.7 Å². The summed E-state index contributed by atoms with van der Waals surface area (Å²) in [6.07, 6.45) is 0.774. The molecule has 0 aliphatic heterocycles. The summed E-state index contributed by atoms with van der Waals surface area (Å²) in [6, 6.07) is 3.18. The zero-order chi connectivity index (χ0) is 14.4. The lowest BCUT2D eigenvalue weighted by molar-refractivity contribution is 0.197. The van der Waals surface area contributed by atoms with Crippen LogP contribution in [0.2, 0.25) is 0 Å². The fourth-order valence-electron chi connectivity index (χ4n) is 2.09. The van der Waals surface area contributed by atoms with Gasteiger partial charge >= 0.3 is 0 Å². The smallest absolute Gasteiger partial charge is 0.131 e. The molecule has 0 heterocycles. The van der Waals surface area contributed by atoms with Crippen LogP contribution in [0.15, 0.2) is 12.1 Å². The number of nitrogens with two attached hydrogens (primary N) is 1. The first kappa shape index (κ1) is 15.6. The van der Waals surface area contributed by atoms with E-state index in [9.17, 15) is 5.11 Å². The Bertz CT molecular complexity index is 379. The largest absolute Gasteiger partial charge is 0.496 e. The summed E-state index contributed by atoms with van der Waals surface area (Å²) in [5.41, 5.74) is 7.00. The number of hydrogen-bond donors (Lipinski definition) is 2. The topological polar surface area (TPSA) is 73.9 Å². The van der Waals surface area contributed by atoms with Crippen molar-refractivity contribution in [2.45, 2.75) is 19.4 Å². The third-order valence-corrected chi connectivity index (χ3v) is 3.35. The summed E-state index contributed by atoms with van der Waals surface area (Å²) < 4.78 is 15.9. The molecule has 1 rings (SSSR count). The molecular formula is C14H23NO4. The Balaban J connectivity index is 3.30. The molecule has 1 aromatic carbocycles. The molecule has 5 heteroatoms. The van der Waals surface area contributed by atoms with Crippen LogP contribution in [-0.2, 0) is 0 Å². The monoisotopic (exact) mass is 269 g/mol. The van der Waals surface area contributed by atoms with Crippen molar-refractivity contribution in [1.82, 2.24) is 0 Å². The Kier molecular flexibility index (Phi) is 5.92. The van der Waals surface area contributed by atoms with Crippen molar-refractivity contribution in [3.63, 3.8) is 0 Å². The van der Waals surface area contributed by atoms with Gasteiger partial charge < -0.3 is 25.1 Å². The van der Waals surface area contributed by atoms with Gasteiger partial charge in [0.15, 0.2) is 0 Å². The van der Waals surface area contributed by atoms with E-state index in [1.54, 1.807) is 33.5 Å². The standard InChI is InChI=1S/C14H23NO4/c1-5-9(8-16)14(15)13-11(18-3)6-10(17-2)7-12(13)19-4/h6-7,9,14,16H,5,8,15H2,1-4H3. The van der Waals surface area contributed by atoms with Crippen molar-refractivity contribution in [1.29, 1.82) is 0 Å². The lowest BCUT2D eigenvalue weighted by atomic mass is 9.91. The zero-order valence-electron chi connectivity index (χ0n) is 12.0. The van der Waals surface area contributed by atoms with E-state index in [1.165, 1.54) is 0 Å². The van der Waals surface area contributed by atoms with Crippen molar-refractivity contribution < 1.29 is 19.3 Å². The van der Waals surface area contributed by atoms with E-state index < -0.39 is 0 Å². The molecule has 2 unspecified atom stereocenters. The molecule has 0 saturated carbocycles. The van der Waals surface area contributed by atoms with Crippen LogP contribution in [0.1, 0.15) is 24.9 Å². The summed E-state index contributed by atoms with van der Waals surface area (Å²) >= 11 is 0. The van der Waals surface area contributed by atoms with Gasteiger partial charge in [-0.1, -0.05) is 6.92 Å². The average molecular weight is 269 g/mol. The quantitative estimate of drug-likeness (QED) is 0.788. The van der Waals surface area contributed by atoms with Gasteiger partial charge in [-0.15, -0.1) is 0 Å². The van der Waals surface area contributed by atoms with Crippen LogP contribution in [0, 0.1) is 5.92 Å². The van der Waals surface area contributed by atoms with E-state index in [1.807, 2.05) is 6.92 Å². The van der Waals surface area contributed by atoms with Crippen LogP contribution in [0.25, 0.3) is 0 Å². The highest BCUT2D eigenvalue weighted by molar-refractivity contribution is 5.52. The second-order valence-electron chi connectivity index (χ2n) is 4.32. The Morgan fingerprint density at radius 2 is 1.63 bits per heavy atom. The molecule has 0 amide bonds. The minimum atomic E-state index is -0.356. The SMILES string of the molecule is CCC(CO)C(N)c1c(OC)cc(OC)cc1OC. The molecule has 5 nitrogen and oxygen atoms in total. The van der Waals surface area contributed by atoms with Crippen LogP contribution >= 0.6 is 0 Å². The van der Waals surface area contributed by atoms with E-state index >= 15 is 0 Å². The predicted molar refractivity (Wildman–Crippen MR) is 73.9 cm³/mol. The number of aliphatic hydroxyl groups excluding tert-OH is 1. The van der Waals surface area contributed by atoms with Crippen molar-refractivity contribution >= 4 is 0 Å². The lowest BCUT2D eigenvalue weighted by Crippen LogP contribution is -2.25. The van der Waals surface area contributed by atoms with E-state index in [4.69, 9.17) is 19.9 Å². The minimum absolute atomic E-state index is 0.0238. The molecule has 0 radical (unpaired) electrons. The van der Waals surface area contributed by atoms with Crippen molar-refractivity contribution in [2.75, 3.05) is 27.9 Å². The fraction of sp³-hybridized carbons (Fsp3) is 0.571.